The Morgan fingerprint density at radius 3 is 1.28 bits per heavy atom. The van der Waals surface area contributed by atoms with Crippen molar-refractivity contribution >= 4 is 5.78 Å². The van der Waals surface area contributed by atoms with E-state index in [-0.39, 0.29) is 5.78 Å². The molecule has 0 fully saturated rings. The van der Waals surface area contributed by atoms with Crippen LogP contribution in [0.4, 0.5) is 0 Å². The summed E-state index contributed by atoms with van der Waals surface area (Å²) in [6.07, 6.45) is 0. The van der Waals surface area contributed by atoms with Crippen molar-refractivity contribution in [1.29, 1.82) is 0 Å². The Morgan fingerprint density at radius 1 is 0.722 bits per heavy atom. The molecule has 0 aliphatic heterocycles. The first kappa shape index (κ1) is 13.9. The van der Waals surface area contributed by atoms with Crippen molar-refractivity contribution in [3.05, 3.63) is 83.9 Å². The van der Waals surface area contributed by atoms with E-state index in [9.17, 15) is 4.79 Å². The van der Waals surface area contributed by atoms with Crippen LogP contribution in [-0.2, 0) is 0 Å². The minimum absolute atomic E-state index is 0.0833. The van der Waals surface area contributed by atoms with Gasteiger partial charge in [0, 0.05) is 11.1 Å². The van der Waals surface area contributed by atoms with E-state index in [1.807, 2.05) is 62.4 Å². The van der Waals surface area contributed by atoms with Gasteiger partial charge in [0.15, 0.2) is 5.78 Å². The molecule has 0 N–H and O–H groups in total. The van der Waals surface area contributed by atoms with Crippen LogP contribution in [0.25, 0.3) is 0 Å². The quantitative estimate of drug-likeness (QED) is 0.562. The molecule has 2 rings (SSSR count). The monoisotopic (exact) mass is 238 g/mol. The summed E-state index contributed by atoms with van der Waals surface area (Å²) in [4.78, 5) is 12.1. The lowest BCUT2D eigenvalue weighted by Gasteiger charge is -2.02. The Hall–Kier alpha value is -2.15. The Kier molecular flexibility index (Phi) is 5.06. The molecule has 1 nitrogen and oxygen atoms in total. The second-order valence-electron chi connectivity index (χ2n) is 4.06. The lowest BCUT2D eigenvalue weighted by atomic mass is 10.0. The maximum atomic E-state index is 12.1. The smallest absolute Gasteiger partial charge is 0.193 e. The number of carbonyl (C=O) groups excluding carboxylic acids is 1. The van der Waals surface area contributed by atoms with E-state index in [4.69, 9.17) is 0 Å². The number of benzene rings is 2. The zero-order valence-electron chi connectivity index (χ0n) is 10.9. The first-order valence-electron chi connectivity index (χ1n) is 5.85. The first-order chi connectivity index (χ1) is 8.66. The van der Waals surface area contributed by atoms with Gasteiger partial charge in [-0.15, -0.1) is 13.2 Å². The summed E-state index contributed by atoms with van der Waals surface area (Å²) in [5, 5.41) is 0. The number of rotatable bonds is 2. The molecule has 0 saturated carbocycles. The highest BCUT2D eigenvalue weighted by Crippen LogP contribution is 2.11. The van der Waals surface area contributed by atoms with Crippen LogP contribution in [0.15, 0.2) is 61.7 Å². The molecule has 0 aromatic heterocycles. The highest BCUT2D eigenvalue weighted by atomic mass is 16.1. The Bertz CT molecular complexity index is 459. The number of hydrogen-bond acceptors (Lipinski definition) is 1. The Labute approximate surface area is 109 Å². The van der Waals surface area contributed by atoms with Crippen LogP contribution in [0, 0.1) is 13.8 Å². The molecular formula is C17H18O. The predicted molar refractivity (Wildman–Crippen MR) is 77.0 cm³/mol. The third-order valence-electron chi connectivity index (χ3n) is 2.63. The lowest BCUT2D eigenvalue weighted by Crippen LogP contribution is -2.00. The van der Waals surface area contributed by atoms with Gasteiger partial charge in [0.25, 0.3) is 0 Å². The Morgan fingerprint density at radius 2 is 1.00 bits per heavy atom. The van der Waals surface area contributed by atoms with Crippen molar-refractivity contribution in [2.45, 2.75) is 13.8 Å². The fraction of sp³-hybridized carbons (Fsp3) is 0.118. The van der Waals surface area contributed by atoms with Crippen molar-refractivity contribution in [3.63, 3.8) is 0 Å². The maximum Gasteiger partial charge on any atom is 0.193 e. The highest BCUT2D eigenvalue weighted by molar-refractivity contribution is 6.08. The zero-order valence-corrected chi connectivity index (χ0v) is 10.9. The molecule has 2 aromatic rings. The third-order valence-corrected chi connectivity index (χ3v) is 2.63. The van der Waals surface area contributed by atoms with Crippen LogP contribution in [-0.4, -0.2) is 5.78 Å². The van der Waals surface area contributed by atoms with Gasteiger partial charge in [-0.25, -0.2) is 0 Å². The number of hydrogen-bond donors (Lipinski definition) is 0. The average Bonchev–Trinajstić information content (AvgIpc) is 2.42. The van der Waals surface area contributed by atoms with Crippen molar-refractivity contribution < 1.29 is 4.79 Å². The van der Waals surface area contributed by atoms with Crippen molar-refractivity contribution in [2.75, 3.05) is 0 Å². The SMILES string of the molecule is C=C.Cc1ccc(C(=O)c2ccc(C)cc2)cc1. The summed E-state index contributed by atoms with van der Waals surface area (Å²) >= 11 is 0. The summed E-state index contributed by atoms with van der Waals surface area (Å²) < 4.78 is 0. The minimum atomic E-state index is 0.0833. The first-order valence-corrected chi connectivity index (χ1v) is 5.85. The Balaban J connectivity index is 0.000000771. The van der Waals surface area contributed by atoms with Crippen LogP contribution in [0.1, 0.15) is 27.0 Å². The van der Waals surface area contributed by atoms with E-state index >= 15 is 0 Å². The molecule has 0 aliphatic carbocycles. The van der Waals surface area contributed by atoms with Gasteiger partial charge in [-0.05, 0) is 13.8 Å². The topological polar surface area (TPSA) is 17.1 Å². The number of ketones is 1. The molecule has 2 aromatic carbocycles. The van der Waals surface area contributed by atoms with Crippen LogP contribution in [0.3, 0.4) is 0 Å². The van der Waals surface area contributed by atoms with Gasteiger partial charge in [0.05, 0.1) is 0 Å². The maximum absolute atomic E-state index is 12.1. The number of aryl methyl sites for hydroxylation is 2. The molecule has 0 atom stereocenters. The standard InChI is InChI=1S/C15H14O.C2H4/c1-11-3-7-13(8-4-11)15(16)14-9-5-12(2)6-10-14;1-2/h3-10H,1-2H3;1-2H2. The number of carbonyl (C=O) groups is 1. The normalized spacial score (nSPS) is 9.22. The summed E-state index contributed by atoms with van der Waals surface area (Å²) in [5.41, 5.74) is 3.82. The summed E-state index contributed by atoms with van der Waals surface area (Å²) in [6.45, 7) is 10.0. The predicted octanol–water partition coefficient (Wildman–Crippen LogP) is 4.34. The molecular weight excluding hydrogens is 220 g/mol. The second-order valence-corrected chi connectivity index (χ2v) is 4.06. The average molecular weight is 238 g/mol. The summed E-state index contributed by atoms with van der Waals surface area (Å²) in [5.74, 6) is 0.0833. The molecule has 0 aliphatic rings. The van der Waals surface area contributed by atoms with Gasteiger partial charge in [0.2, 0.25) is 0 Å². The molecule has 1 heteroatoms. The van der Waals surface area contributed by atoms with Gasteiger partial charge in [-0.3, -0.25) is 4.79 Å². The van der Waals surface area contributed by atoms with E-state index in [1.165, 1.54) is 11.1 Å². The van der Waals surface area contributed by atoms with Gasteiger partial charge in [-0.2, -0.15) is 0 Å². The highest BCUT2D eigenvalue weighted by Gasteiger charge is 2.07. The summed E-state index contributed by atoms with van der Waals surface area (Å²) in [7, 11) is 0. The third kappa shape index (κ3) is 3.42. The van der Waals surface area contributed by atoms with E-state index < -0.39 is 0 Å². The lowest BCUT2D eigenvalue weighted by molar-refractivity contribution is 0.103. The van der Waals surface area contributed by atoms with Crippen molar-refractivity contribution in [1.82, 2.24) is 0 Å². The molecule has 0 spiro atoms. The second kappa shape index (κ2) is 6.55. The fourth-order valence-corrected chi connectivity index (χ4v) is 1.58. The molecule has 18 heavy (non-hydrogen) atoms. The van der Waals surface area contributed by atoms with Crippen LogP contribution < -0.4 is 0 Å². The molecule has 0 radical (unpaired) electrons. The van der Waals surface area contributed by atoms with Crippen molar-refractivity contribution in [3.8, 4) is 0 Å². The van der Waals surface area contributed by atoms with Crippen LogP contribution in [0.5, 0.6) is 0 Å². The van der Waals surface area contributed by atoms with E-state index in [0.717, 1.165) is 11.1 Å². The molecule has 0 bridgehead atoms. The minimum Gasteiger partial charge on any atom is -0.289 e. The van der Waals surface area contributed by atoms with Crippen molar-refractivity contribution in [2.24, 2.45) is 0 Å². The fourth-order valence-electron chi connectivity index (χ4n) is 1.58. The van der Waals surface area contributed by atoms with Gasteiger partial charge in [0.1, 0.15) is 0 Å². The van der Waals surface area contributed by atoms with Crippen LogP contribution in [0.2, 0.25) is 0 Å². The van der Waals surface area contributed by atoms with Gasteiger partial charge in [-0.1, -0.05) is 59.7 Å². The molecule has 0 heterocycles. The van der Waals surface area contributed by atoms with E-state index in [0.29, 0.717) is 0 Å². The molecule has 0 amide bonds. The largest absolute Gasteiger partial charge is 0.289 e. The summed E-state index contributed by atoms with van der Waals surface area (Å²) in [6, 6.07) is 15.3. The van der Waals surface area contributed by atoms with E-state index in [1.54, 1.807) is 0 Å². The van der Waals surface area contributed by atoms with Gasteiger partial charge >= 0.3 is 0 Å². The van der Waals surface area contributed by atoms with Crippen LogP contribution >= 0.6 is 0 Å². The molecule has 92 valence electrons. The van der Waals surface area contributed by atoms with E-state index in [2.05, 4.69) is 13.2 Å². The molecule has 0 unspecified atom stereocenters. The van der Waals surface area contributed by atoms with Gasteiger partial charge < -0.3 is 0 Å². The zero-order chi connectivity index (χ0) is 13.5. The molecule has 0 saturated heterocycles.